The van der Waals surface area contributed by atoms with Crippen LogP contribution in [-0.4, -0.2) is 66.8 Å². The molecule has 3 aliphatic rings. The molecule has 0 bridgehead atoms. The van der Waals surface area contributed by atoms with Gasteiger partial charge in [0.15, 0.2) is 5.78 Å². The van der Waals surface area contributed by atoms with Crippen LogP contribution < -0.4 is 0 Å². The Bertz CT molecular complexity index is 1060. The molecule has 0 amide bonds. The molecular weight excluding hydrogens is 508 g/mol. The van der Waals surface area contributed by atoms with Crippen LogP contribution in [0.5, 0.6) is 0 Å². The number of ether oxygens (including phenoxy) is 5. The summed E-state index contributed by atoms with van der Waals surface area (Å²) in [5, 5.41) is 11.1. The molecule has 2 aromatic carbocycles. The largest absolute Gasteiger partial charge is 0.390 e. The van der Waals surface area contributed by atoms with Gasteiger partial charge in [-0.3, -0.25) is 4.79 Å². The second-order valence-electron chi connectivity index (χ2n) is 11.0. The van der Waals surface area contributed by atoms with E-state index in [1.165, 1.54) is 0 Å². The molecular formula is C33H42O7. The Balaban J connectivity index is 1.28. The van der Waals surface area contributed by atoms with Gasteiger partial charge in [-0.25, -0.2) is 0 Å². The van der Waals surface area contributed by atoms with Crippen molar-refractivity contribution in [2.24, 2.45) is 0 Å². The standard InChI is InChI=1S/C33H42O7/c34-27-14-7-8-15-29-30(16-9-19-37-29)40-31(27)20-32(38-22-25-12-5-2-6-13-25)33-28(35)18-17-26(39-33)23-36-21-24-10-3-1-4-11-24/h1-8,10-13,26,28-33,35H,9,14-23H2/b8-7-/t26-,28+,29+,30-,31+,32+,33+/m0/s1. The first-order valence-corrected chi connectivity index (χ1v) is 14.7. The highest BCUT2D eigenvalue weighted by molar-refractivity contribution is 5.84. The lowest BCUT2D eigenvalue weighted by atomic mass is 9.93. The van der Waals surface area contributed by atoms with Crippen LogP contribution in [0.4, 0.5) is 0 Å². The van der Waals surface area contributed by atoms with E-state index < -0.39 is 24.4 Å². The van der Waals surface area contributed by atoms with E-state index in [-0.39, 0.29) is 24.1 Å². The number of rotatable bonds is 10. The van der Waals surface area contributed by atoms with Gasteiger partial charge in [0.25, 0.3) is 0 Å². The molecule has 216 valence electrons. The number of fused-ring (bicyclic) bond motifs is 1. The van der Waals surface area contributed by atoms with E-state index in [1.54, 1.807) is 0 Å². The van der Waals surface area contributed by atoms with Gasteiger partial charge in [0.05, 0.1) is 50.3 Å². The highest BCUT2D eigenvalue weighted by Gasteiger charge is 2.40. The minimum atomic E-state index is -0.705. The van der Waals surface area contributed by atoms with Gasteiger partial charge in [-0.1, -0.05) is 72.8 Å². The molecule has 0 radical (unpaired) electrons. The monoisotopic (exact) mass is 550 g/mol. The molecule has 0 unspecified atom stereocenters. The second kappa shape index (κ2) is 15.0. The van der Waals surface area contributed by atoms with E-state index in [4.69, 9.17) is 23.7 Å². The zero-order valence-electron chi connectivity index (χ0n) is 23.1. The maximum atomic E-state index is 13.3. The summed E-state index contributed by atoms with van der Waals surface area (Å²) in [5.41, 5.74) is 2.12. The Morgan fingerprint density at radius 3 is 2.40 bits per heavy atom. The molecule has 7 heteroatoms. The van der Waals surface area contributed by atoms with Crippen molar-refractivity contribution in [1.82, 2.24) is 0 Å². The average molecular weight is 551 g/mol. The molecule has 2 saturated heterocycles. The number of aliphatic hydroxyl groups excluding tert-OH is 1. The molecule has 2 aromatic rings. The molecule has 40 heavy (non-hydrogen) atoms. The van der Waals surface area contributed by atoms with Gasteiger partial charge in [-0.15, -0.1) is 0 Å². The molecule has 0 aromatic heterocycles. The summed E-state index contributed by atoms with van der Waals surface area (Å²) in [5.74, 6) is 0.0174. The maximum absolute atomic E-state index is 13.3. The first-order chi connectivity index (χ1) is 19.7. The summed E-state index contributed by atoms with van der Waals surface area (Å²) in [7, 11) is 0. The summed E-state index contributed by atoms with van der Waals surface area (Å²) in [6, 6.07) is 20.0. The van der Waals surface area contributed by atoms with Crippen molar-refractivity contribution in [2.75, 3.05) is 13.2 Å². The Labute approximate surface area is 237 Å². The van der Waals surface area contributed by atoms with Crippen molar-refractivity contribution >= 4 is 5.78 Å². The third-order valence-electron chi connectivity index (χ3n) is 7.98. The summed E-state index contributed by atoms with van der Waals surface area (Å²) in [4.78, 5) is 13.3. The van der Waals surface area contributed by atoms with Gasteiger partial charge in [0, 0.05) is 19.4 Å². The number of allylic oxidation sites excluding steroid dienone is 1. The van der Waals surface area contributed by atoms with Crippen LogP contribution in [0.25, 0.3) is 0 Å². The molecule has 0 aliphatic carbocycles. The van der Waals surface area contributed by atoms with Crippen LogP contribution >= 0.6 is 0 Å². The van der Waals surface area contributed by atoms with Crippen molar-refractivity contribution in [2.45, 2.75) is 101 Å². The van der Waals surface area contributed by atoms with Crippen molar-refractivity contribution in [1.29, 1.82) is 0 Å². The quantitative estimate of drug-likeness (QED) is 0.420. The van der Waals surface area contributed by atoms with Crippen molar-refractivity contribution in [3.63, 3.8) is 0 Å². The fraction of sp³-hybridized carbons (Fsp3) is 0.545. The topological polar surface area (TPSA) is 83.5 Å². The third-order valence-corrected chi connectivity index (χ3v) is 7.98. The number of aliphatic hydroxyl groups is 1. The van der Waals surface area contributed by atoms with E-state index in [9.17, 15) is 9.90 Å². The number of hydrogen-bond acceptors (Lipinski definition) is 7. The summed E-state index contributed by atoms with van der Waals surface area (Å²) >= 11 is 0. The molecule has 0 spiro atoms. The lowest BCUT2D eigenvalue weighted by Crippen LogP contribution is -2.50. The first kappa shape index (κ1) is 29.1. The van der Waals surface area contributed by atoms with Crippen LogP contribution in [0, 0.1) is 0 Å². The van der Waals surface area contributed by atoms with Crippen molar-refractivity contribution < 1.29 is 33.6 Å². The van der Waals surface area contributed by atoms with Gasteiger partial charge in [-0.2, -0.15) is 0 Å². The number of benzene rings is 2. The molecule has 2 fully saturated rings. The minimum absolute atomic E-state index is 0.0174. The predicted molar refractivity (Wildman–Crippen MR) is 151 cm³/mol. The Kier molecular flexibility index (Phi) is 10.9. The summed E-state index contributed by atoms with van der Waals surface area (Å²) < 4.78 is 31.3. The number of ketones is 1. The van der Waals surface area contributed by atoms with Crippen LogP contribution in [0.15, 0.2) is 72.8 Å². The lowest BCUT2D eigenvalue weighted by Gasteiger charge is -2.40. The molecule has 7 nitrogen and oxygen atoms in total. The van der Waals surface area contributed by atoms with E-state index in [2.05, 4.69) is 0 Å². The minimum Gasteiger partial charge on any atom is -0.390 e. The highest BCUT2D eigenvalue weighted by Crippen LogP contribution is 2.30. The van der Waals surface area contributed by atoms with E-state index >= 15 is 0 Å². The Morgan fingerprint density at radius 2 is 1.62 bits per heavy atom. The molecule has 3 heterocycles. The second-order valence-corrected chi connectivity index (χ2v) is 11.0. The van der Waals surface area contributed by atoms with Gasteiger partial charge < -0.3 is 28.8 Å². The number of carbonyl (C=O) groups excluding carboxylic acids is 1. The maximum Gasteiger partial charge on any atom is 0.165 e. The smallest absolute Gasteiger partial charge is 0.165 e. The third kappa shape index (κ3) is 8.32. The number of Topliss-reactive ketones (excluding diaryl/α,β-unsaturated/α-hetero) is 1. The fourth-order valence-corrected chi connectivity index (χ4v) is 5.75. The van der Waals surface area contributed by atoms with Crippen LogP contribution in [0.1, 0.15) is 56.1 Å². The van der Waals surface area contributed by atoms with E-state index in [1.807, 2.05) is 72.8 Å². The molecule has 7 atom stereocenters. The van der Waals surface area contributed by atoms with Gasteiger partial charge in [0.2, 0.25) is 0 Å². The summed E-state index contributed by atoms with van der Waals surface area (Å²) in [6.45, 7) is 2.00. The Morgan fingerprint density at radius 1 is 0.875 bits per heavy atom. The number of hydrogen-bond donors (Lipinski definition) is 1. The first-order valence-electron chi connectivity index (χ1n) is 14.7. The molecule has 1 N–H and O–H groups in total. The predicted octanol–water partition coefficient (Wildman–Crippen LogP) is 4.94. The number of carbonyl (C=O) groups is 1. The van der Waals surface area contributed by atoms with Gasteiger partial charge in [0.1, 0.15) is 12.2 Å². The zero-order valence-corrected chi connectivity index (χ0v) is 23.1. The highest BCUT2D eigenvalue weighted by atomic mass is 16.6. The molecule has 0 saturated carbocycles. The molecule has 3 aliphatic heterocycles. The van der Waals surface area contributed by atoms with Crippen molar-refractivity contribution in [3.05, 3.63) is 83.9 Å². The van der Waals surface area contributed by atoms with E-state index in [0.29, 0.717) is 45.5 Å². The van der Waals surface area contributed by atoms with Gasteiger partial charge in [-0.05, 0) is 43.2 Å². The fourth-order valence-electron chi connectivity index (χ4n) is 5.75. The average Bonchev–Trinajstić information content (AvgIpc) is 3.06. The van der Waals surface area contributed by atoms with Crippen LogP contribution in [0.3, 0.4) is 0 Å². The molecule has 5 rings (SSSR count). The zero-order chi connectivity index (χ0) is 27.6. The van der Waals surface area contributed by atoms with Gasteiger partial charge >= 0.3 is 0 Å². The van der Waals surface area contributed by atoms with Crippen LogP contribution in [0.2, 0.25) is 0 Å². The van der Waals surface area contributed by atoms with E-state index in [0.717, 1.165) is 37.0 Å². The summed E-state index contributed by atoms with van der Waals surface area (Å²) in [6.07, 6.45) is 5.50. The Hall–Kier alpha value is -2.39. The van der Waals surface area contributed by atoms with Crippen LogP contribution in [-0.2, 0) is 41.7 Å². The lowest BCUT2D eigenvalue weighted by molar-refractivity contribution is -0.200. The normalized spacial score (nSPS) is 30.9. The SMILES string of the molecule is O=C1C/C=C\C[C@H]2OCCC[C@@H]2O[C@@H]1C[C@@H](OCc1ccccc1)[C@@H]1O[C@H](COCc2ccccc2)CC[C@H]1O. The van der Waals surface area contributed by atoms with Crippen molar-refractivity contribution in [3.8, 4) is 0 Å².